The minimum atomic E-state index is -3.72. The van der Waals surface area contributed by atoms with E-state index in [1.807, 2.05) is 6.07 Å². The molecule has 0 bridgehead atoms. The molecule has 4 heterocycles. The molecule has 0 aliphatic carbocycles. The first-order valence-corrected chi connectivity index (χ1v) is 15.6. The van der Waals surface area contributed by atoms with Crippen LogP contribution in [0, 0.1) is 0 Å². The fourth-order valence-electron chi connectivity index (χ4n) is 4.99. The average molecular weight is 592 g/mol. The Labute approximate surface area is 235 Å². The summed E-state index contributed by atoms with van der Waals surface area (Å²) in [6.45, 7) is 5.61. The highest BCUT2D eigenvalue weighted by atomic mass is 35.5. The number of aliphatic hydroxyl groups is 1. The van der Waals surface area contributed by atoms with E-state index in [1.165, 1.54) is 29.7 Å². The lowest BCUT2D eigenvalue weighted by molar-refractivity contribution is 0.0886. The van der Waals surface area contributed by atoms with Crippen LogP contribution in [-0.4, -0.2) is 76.6 Å². The van der Waals surface area contributed by atoms with Gasteiger partial charge < -0.3 is 24.4 Å². The number of sulfone groups is 1. The summed E-state index contributed by atoms with van der Waals surface area (Å²) < 4.78 is 32.8. The number of amides is 1. The van der Waals surface area contributed by atoms with Crippen LogP contribution in [0.4, 0.5) is 0 Å². The molecule has 1 aromatic carbocycles. The van der Waals surface area contributed by atoms with Gasteiger partial charge in [-0.2, -0.15) is 0 Å². The molecule has 1 unspecified atom stereocenters. The van der Waals surface area contributed by atoms with Crippen molar-refractivity contribution in [2.24, 2.45) is 0 Å². The van der Waals surface area contributed by atoms with Crippen molar-refractivity contribution in [3.63, 3.8) is 0 Å². The third kappa shape index (κ3) is 5.75. The maximum absolute atomic E-state index is 13.8. The van der Waals surface area contributed by atoms with Gasteiger partial charge in [0.2, 0.25) is 5.82 Å². The first-order chi connectivity index (χ1) is 18.7. The first-order valence-electron chi connectivity index (χ1n) is 12.7. The molecule has 208 valence electrons. The molecule has 5 rings (SSSR count). The normalized spacial score (nSPS) is 16.2. The van der Waals surface area contributed by atoms with Crippen molar-refractivity contribution < 1.29 is 22.8 Å². The molecular weight excluding hydrogens is 562 g/mol. The summed E-state index contributed by atoms with van der Waals surface area (Å²) in [5, 5.41) is 16.5. The minimum Gasteiger partial charge on any atom is -0.395 e. The van der Waals surface area contributed by atoms with Crippen LogP contribution in [0.3, 0.4) is 0 Å². The molecule has 1 atom stereocenters. The number of hydrogen-bond acceptors (Lipinski definition) is 9. The molecule has 0 spiro atoms. The third-order valence-electron chi connectivity index (χ3n) is 7.04. The van der Waals surface area contributed by atoms with E-state index in [-0.39, 0.29) is 22.7 Å². The molecule has 1 amide bonds. The quantitative estimate of drug-likeness (QED) is 0.301. The second-order valence-electron chi connectivity index (χ2n) is 9.84. The van der Waals surface area contributed by atoms with Gasteiger partial charge in [0.05, 0.1) is 32.6 Å². The Morgan fingerprint density at radius 3 is 2.62 bits per heavy atom. The number of carbonyl (C=O) groups is 1. The molecule has 1 saturated heterocycles. The number of likely N-dealkylation sites (tertiary alicyclic amines) is 1. The molecule has 1 aliphatic rings. The lowest BCUT2D eigenvalue weighted by Crippen LogP contribution is -2.47. The van der Waals surface area contributed by atoms with Gasteiger partial charge in [-0.05, 0) is 57.0 Å². The van der Waals surface area contributed by atoms with Crippen LogP contribution < -0.4 is 5.32 Å². The zero-order chi connectivity index (χ0) is 27.7. The van der Waals surface area contributed by atoms with Gasteiger partial charge in [0.1, 0.15) is 18.0 Å². The van der Waals surface area contributed by atoms with E-state index in [0.717, 1.165) is 30.8 Å². The van der Waals surface area contributed by atoms with E-state index in [1.54, 1.807) is 22.8 Å². The monoisotopic (exact) mass is 591 g/mol. The Morgan fingerprint density at radius 2 is 2.00 bits per heavy atom. The number of nitrogens with one attached hydrogen (secondary N) is 1. The number of thiophene rings is 1. The van der Waals surface area contributed by atoms with E-state index in [0.29, 0.717) is 27.1 Å². The Balaban J connectivity index is 1.60. The molecule has 1 aliphatic heterocycles. The number of nitrogens with zero attached hydrogens (tertiary/aromatic N) is 4. The third-order valence-corrected chi connectivity index (χ3v) is 10.0. The molecule has 1 fully saturated rings. The van der Waals surface area contributed by atoms with Crippen molar-refractivity contribution in [2.45, 2.75) is 49.7 Å². The summed E-state index contributed by atoms with van der Waals surface area (Å²) in [5.74, 6) is -0.632. The first kappa shape index (κ1) is 27.8. The van der Waals surface area contributed by atoms with Gasteiger partial charge in [-0.3, -0.25) is 4.79 Å². The predicted octanol–water partition coefficient (Wildman–Crippen LogP) is 3.75. The van der Waals surface area contributed by atoms with E-state index in [9.17, 15) is 18.3 Å². The van der Waals surface area contributed by atoms with Crippen molar-refractivity contribution in [1.29, 1.82) is 0 Å². The molecule has 39 heavy (non-hydrogen) atoms. The van der Waals surface area contributed by atoms with Gasteiger partial charge in [0.15, 0.2) is 9.84 Å². The predicted molar refractivity (Wildman–Crippen MR) is 149 cm³/mol. The van der Waals surface area contributed by atoms with Crippen molar-refractivity contribution in [3.8, 4) is 0 Å². The van der Waals surface area contributed by atoms with Gasteiger partial charge in [0.25, 0.3) is 5.91 Å². The summed E-state index contributed by atoms with van der Waals surface area (Å²) in [5.41, 5.74) is 1.43. The molecule has 0 radical (unpaired) electrons. The van der Waals surface area contributed by atoms with Gasteiger partial charge in [-0.25, -0.2) is 13.4 Å². The Hall–Kier alpha value is -2.77. The van der Waals surface area contributed by atoms with E-state index in [4.69, 9.17) is 16.1 Å². The number of aromatic nitrogens is 3. The van der Waals surface area contributed by atoms with Gasteiger partial charge in [-0.1, -0.05) is 16.8 Å². The standard InChI is InChI=1S/C26H30ClN5O5S2/c1-16(2)31-10-7-17(8-11-31)28-26(34)25-29-20-15-18(39(35,36)14-12-33)3-4-21(20)32(25)24(19-9-13-37-30-19)22-5-6-23(27)38-22/h3-6,9,13,15-17,24,33H,7-8,10-12,14H2,1-2H3,(H,28,34). The van der Waals surface area contributed by atoms with E-state index in [2.05, 4.69) is 34.2 Å². The molecule has 0 saturated carbocycles. The zero-order valence-corrected chi connectivity index (χ0v) is 24.0. The van der Waals surface area contributed by atoms with Crippen LogP contribution in [0.1, 0.15) is 53.9 Å². The lowest BCUT2D eigenvalue weighted by Gasteiger charge is -2.34. The summed E-state index contributed by atoms with van der Waals surface area (Å²) >= 11 is 7.64. The van der Waals surface area contributed by atoms with Gasteiger partial charge in [-0.15, -0.1) is 11.3 Å². The zero-order valence-electron chi connectivity index (χ0n) is 21.6. The van der Waals surface area contributed by atoms with E-state index < -0.39 is 28.2 Å². The molecular formula is C26H30ClN5O5S2. The maximum atomic E-state index is 13.8. The highest BCUT2D eigenvalue weighted by molar-refractivity contribution is 7.91. The fourth-order valence-corrected chi connectivity index (χ4v) is 7.19. The smallest absolute Gasteiger partial charge is 0.287 e. The average Bonchev–Trinajstić information content (AvgIpc) is 3.66. The Morgan fingerprint density at radius 1 is 1.23 bits per heavy atom. The number of halogens is 1. The van der Waals surface area contributed by atoms with Crippen molar-refractivity contribution in [1.82, 2.24) is 24.9 Å². The van der Waals surface area contributed by atoms with Crippen LogP contribution >= 0.6 is 22.9 Å². The number of piperidine rings is 1. The largest absolute Gasteiger partial charge is 0.395 e. The SMILES string of the molecule is CC(C)N1CCC(NC(=O)c2nc3cc(S(=O)(=O)CCO)ccc3n2C(c2ccon2)c2ccc(Cl)s2)CC1. The van der Waals surface area contributed by atoms with Gasteiger partial charge in [0, 0.05) is 36.1 Å². The van der Waals surface area contributed by atoms with Gasteiger partial charge >= 0.3 is 0 Å². The fraction of sp³-hybridized carbons (Fsp3) is 0.423. The molecule has 2 N–H and O–H groups in total. The van der Waals surface area contributed by atoms with Crippen LogP contribution in [0.25, 0.3) is 11.0 Å². The Kier molecular flexibility index (Phi) is 8.11. The summed E-state index contributed by atoms with van der Waals surface area (Å²) in [7, 11) is -3.72. The van der Waals surface area contributed by atoms with Crippen LogP contribution in [0.5, 0.6) is 0 Å². The molecule has 3 aromatic heterocycles. The number of carbonyl (C=O) groups excluding carboxylic acids is 1. The number of benzene rings is 1. The molecule has 13 heteroatoms. The van der Waals surface area contributed by atoms with Crippen LogP contribution in [0.15, 0.2) is 52.1 Å². The highest BCUT2D eigenvalue weighted by Crippen LogP contribution is 2.37. The van der Waals surface area contributed by atoms with Crippen molar-refractivity contribution in [3.05, 3.63) is 63.4 Å². The second kappa shape index (κ2) is 11.4. The minimum absolute atomic E-state index is 0.0112. The lowest BCUT2D eigenvalue weighted by atomic mass is 10.0. The second-order valence-corrected chi connectivity index (χ2v) is 13.7. The van der Waals surface area contributed by atoms with Crippen molar-refractivity contribution >= 4 is 49.7 Å². The summed E-state index contributed by atoms with van der Waals surface area (Å²) in [6, 6.07) is 9.74. The topological polar surface area (TPSA) is 131 Å². The number of aliphatic hydroxyl groups excluding tert-OH is 1. The number of fused-ring (bicyclic) bond motifs is 1. The summed E-state index contributed by atoms with van der Waals surface area (Å²) in [6.07, 6.45) is 3.10. The molecule has 10 nitrogen and oxygen atoms in total. The number of hydrogen-bond donors (Lipinski definition) is 2. The maximum Gasteiger partial charge on any atom is 0.287 e. The summed E-state index contributed by atoms with van der Waals surface area (Å²) in [4.78, 5) is 21.7. The van der Waals surface area contributed by atoms with Crippen molar-refractivity contribution in [2.75, 3.05) is 25.4 Å². The Bertz CT molecular complexity index is 1560. The van der Waals surface area contributed by atoms with Crippen LogP contribution in [-0.2, 0) is 9.84 Å². The van der Waals surface area contributed by atoms with Crippen LogP contribution in [0.2, 0.25) is 4.34 Å². The number of imidazole rings is 1. The number of rotatable bonds is 9. The molecule has 4 aromatic rings. The van der Waals surface area contributed by atoms with E-state index >= 15 is 0 Å². The highest BCUT2D eigenvalue weighted by Gasteiger charge is 2.31.